The van der Waals surface area contributed by atoms with Crippen LogP contribution in [0.2, 0.25) is 5.04 Å². The van der Waals surface area contributed by atoms with E-state index in [0.717, 1.165) is 5.69 Å². The van der Waals surface area contributed by atoms with Crippen LogP contribution in [0.1, 0.15) is 39.8 Å². The molecule has 1 heterocycles. The van der Waals surface area contributed by atoms with Gasteiger partial charge in [-0.1, -0.05) is 45.4 Å². The lowest BCUT2D eigenvalue weighted by atomic mass is 9.99. The van der Waals surface area contributed by atoms with Crippen molar-refractivity contribution in [2.45, 2.75) is 45.3 Å². The number of aliphatic hydroxyl groups is 1. The molecule has 3 nitrogen and oxygen atoms in total. The highest BCUT2D eigenvalue weighted by molar-refractivity contribution is 6.34. The second-order valence-corrected chi connectivity index (χ2v) is 8.05. The van der Waals surface area contributed by atoms with Crippen molar-refractivity contribution in [1.29, 1.82) is 0 Å². The molecule has 1 rings (SSSR count). The summed E-state index contributed by atoms with van der Waals surface area (Å²) in [5.74, 6) is 0.518. The van der Waals surface area contributed by atoms with Crippen molar-refractivity contribution >= 4 is 27.4 Å². The zero-order valence-corrected chi connectivity index (χ0v) is 14.9. The average Bonchev–Trinajstić information content (AvgIpc) is 2.44. The van der Waals surface area contributed by atoms with E-state index in [2.05, 4.69) is 32.7 Å². The van der Waals surface area contributed by atoms with Crippen molar-refractivity contribution in [3.8, 4) is 0 Å². The lowest BCUT2D eigenvalue weighted by molar-refractivity contribution is 0.183. The quantitative estimate of drug-likeness (QED) is 0.737. The maximum atomic E-state index is 9.21. The van der Waals surface area contributed by atoms with E-state index in [-0.39, 0.29) is 17.7 Å². The predicted octanol–water partition coefficient (Wildman–Crippen LogP) is 3.90. The van der Waals surface area contributed by atoms with Gasteiger partial charge in [0.05, 0.1) is 11.8 Å². The number of pyridine rings is 1. The Kier molecular flexibility index (Phi) is 7.60. The van der Waals surface area contributed by atoms with Crippen LogP contribution < -0.4 is 0 Å². The van der Waals surface area contributed by atoms with Crippen LogP contribution in [-0.4, -0.2) is 32.6 Å². The molecule has 1 N–H and O–H groups in total. The number of hydrogen-bond donors (Lipinski definition) is 1. The van der Waals surface area contributed by atoms with Gasteiger partial charge in [0, 0.05) is 24.3 Å². The normalized spacial score (nSPS) is 14.5. The number of nitrogens with zero attached hydrogens (tertiary/aromatic N) is 1. The Bertz CT molecular complexity index is 449. The lowest BCUT2D eigenvalue weighted by Gasteiger charge is -2.29. The predicted molar refractivity (Wildman–Crippen MR) is 89.3 cm³/mol. The molecule has 0 saturated heterocycles. The molecule has 5 heteroatoms. The van der Waals surface area contributed by atoms with Gasteiger partial charge in [0.15, 0.2) is 0 Å². The van der Waals surface area contributed by atoms with E-state index in [1.54, 1.807) is 12.3 Å². The smallest absolute Gasteiger partial charge is 0.237 e. The summed E-state index contributed by atoms with van der Waals surface area (Å²) in [6.07, 6.45) is 3.73. The van der Waals surface area contributed by atoms with Crippen molar-refractivity contribution in [1.82, 2.24) is 4.98 Å². The molecule has 0 aliphatic heterocycles. The summed E-state index contributed by atoms with van der Waals surface area (Å²) in [6, 6.07) is 5.66. The molecule has 1 atom stereocenters. The molecule has 0 amide bonds. The second-order valence-electron chi connectivity index (χ2n) is 5.88. The summed E-state index contributed by atoms with van der Waals surface area (Å²) < 4.78 is 5.98. The molecule has 0 fully saturated rings. The summed E-state index contributed by atoms with van der Waals surface area (Å²) in [5.41, 5.74) is 0.792. The number of hydrogen-bond acceptors (Lipinski definition) is 3. The molecule has 116 valence electrons. The standard InChI is InChI=1S/C16H24ClNO2Si/c1-12(2)16(3,4)21-20-15(8-10-19)14(17)11-13-7-5-6-9-18-13/h5-7,9,11-12,15,19H,8,10H2,1-4H3/b14-11-/t15-/m0/s1. The average molecular weight is 326 g/mol. The van der Waals surface area contributed by atoms with Crippen LogP contribution in [0, 0.1) is 5.92 Å². The molecule has 0 unspecified atom stereocenters. The summed E-state index contributed by atoms with van der Waals surface area (Å²) >= 11 is 6.36. The van der Waals surface area contributed by atoms with Crippen LogP contribution >= 0.6 is 11.6 Å². The molecule has 0 saturated carbocycles. The minimum Gasteiger partial charge on any atom is -0.409 e. The van der Waals surface area contributed by atoms with Gasteiger partial charge in [-0.25, -0.2) is 0 Å². The highest BCUT2D eigenvalue weighted by Gasteiger charge is 2.27. The van der Waals surface area contributed by atoms with E-state index >= 15 is 0 Å². The first-order valence-corrected chi connectivity index (χ1v) is 8.47. The molecule has 0 bridgehead atoms. The van der Waals surface area contributed by atoms with Gasteiger partial charge in [-0.2, -0.15) is 0 Å². The maximum absolute atomic E-state index is 9.21. The van der Waals surface area contributed by atoms with Gasteiger partial charge in [-0.3, -0.25) is 4.98 Å². The van der Waals surface area contributed by atoms with Crippen LogP contribution in [0.4, 0.5) is 0 Å². The summed E-state index contributed by atoms with van der Waals surface area (Å²) in [6.45, 7) is 8.78. The summed E-state index contributed by atoms with van der Waals surface area (Å²) in [4.78, 5) is 4.22. The third kappa shape index (κ3) is 6.30. The van der Waals surface area contributed by atoms with E-state index in [4.69, 9.17) is 16.0 Å². The molecule has 21 heavy (non-hydrogen) atoms. The number of rotatable bonds is 8. The van der Waals surface area contributed by atoms with E-state index in [1.165, 1.54) is 0 Å². The minimum absolute atomic E-state index is 0.0452. The Hall–Kier alpha value is -0.683. The molecule has 1 aromatic heterocycles. The molecule has 0 aromatic carbocycles. The van der Waals surface area contributed by atoms with Gasteiger partial charge in [0.1, 0.15) is 0 Å². The Morgan fingerprint density at radius 3 is 2.71 bits per heavy atom. The Labute approximate surface area is 135 Å². The minimum atomic E-state index is -0.282. The molecule has 0 spiro atoms. The largest absolute Gasteiger partial charge is 0.409 e. The van der Waals surface area contributed by atoms with Gasteiger partial charge in [-0.15, -0.1) is 0 Å². The SMILES string of the molecule is CC(C)C(C)(C)[Si]O[C@@H](CCO)/C(Cl)=C/c1ccccn1. The number of aliphatic hydroxyl groups excluding tert-OH is 1. The Balaban J connectivity index is 2.75. The van der Waals surface area contributed by atoms with Crippen LogP contribution in [0.25, 0.3) is 6.08 Å². The van der Waals surface area contributed by atoms with Gasteiger partial charge in [0.2, 0.25) is 9.76 Å². The van der Waals surface area contributed by atoms with Gasteiger partial charge < -0.3 is 9.53 Å². The third-order valence-corrected chi connectivity index (χ3v) is 5.44. The van der Waals surface area contributed by atoms with Gasteiger partial charge >= 0.3 is 0 Å². The number of aromatic nitrogens is 1. The molecule has 1 aromatic rings. The van der Waals surface area contributed by atoms with Crippen molar-refractivity contribution in [2.24, 2.45) is 5.92 Å². The molecular formula is C16H24ClNO2Si. The Morgan fingerprint density at radius 1 is 1.48 bits per heavy atom. The Morgan fingerprint density at radius 2 is 2.19 bits per heavy atom. The first kappa shape index (κ1) is 18.4. The molecular weight excluding hydrogens is 302 g/mol. The lowest BCUT2D eigenvalue weighted by Crippen LogP contribution is -2.27. The zero-order valence-electron chi connectivity index (χ0n) is 13.1. The second kappa shape index (κ2) is 8.69. The fourth-order valence-electron chi connectivity index (χ4n) is 1.41. The van der Waals surface area contributed by atoms with Crippen molar-refractivity contribution < 1.29 is 9.53 Å². The zero-order chi connectivity index (χ0) is 15.9. The van der Waals surface area contributed by atoms with Gasteiger partial charge in [-0.05, 0) is 29.2 Å². The summed E-state index contributed by atoms with van der Waals surface area (Å²) in [5, 5.41) is 9.88. The van der Waals surface area contributed by atoms with Crippen molar-refractivity contribution in [3.63, 3.8) is 0 Å². The summed E-state index contributed by atoms with van der Waals surface area (Å²) in [7, 11) is 0.326. The number of halogens is 1. The van der Waals surface area contributed by atoms with Crippen LogP contribution in [0.3, 0.4) is 0 Å². The molecule has 0 aliphatic rings. The highest BCUT2D eigenvalue weighted by atomic mass is 35.5. The van der Waals surface area contributed by atoms with Crippen molar-refractivity contribution in [2.75, 3.05) is 6.61 Å². The van der Waals surface area contributed by atoms with Crippen LogP contribution in [-0.2, 0) is 4.43 Å². The van der Waals surface area contributed by atoms with E-state index in [1.807, 2.05) is 18.2 Å². The van der Waals surface area contributed by atoms with E-state index in [9.17, 15) is 5.11 Å². The topological polar surface area (TPSA) is 42.4 Å². The third-order valence-electron chi connectivity index (χ3n) is 3.58. The van der Waals surface area contributed by atoms with E-state index in [0.29, 0.717) is 27.1 Å². The fraction of sp³-hybridized carbons (Fsp3) is 0.562. The fourth-order valence-corrected chi connectivity index (χ4v) is 2.67. The van der Waals surface area contributed by atoms with Crippen LogP contribution in [0.15, 0.2) is 29.4 Å². The first-order chi connectivity index (χ1) is 9.86. The van der Waals surface area contributed by atoms with Gasteiger partial charge in [0.25, 0.3) is 0 Å². The molecule has 2 radical (unpaired) electrons. The molecule has 0 aliphatic carbocycles. The van der Waals surface area contributed by atoms with E-state index < -0.39 is 0 Å². The maximum Gasteiger partial charge on any atom is 0.237 e. The first-order valence-electron chi connectivity index (χ1n) is 7.18. The van der Waals surface area contributed by atoms with Crippen molar-refractivity contribution in [3.05, 3.63) is 35.1 Å². The monoisotopic (exact) mass is 325 g/mol. The van der Waals surface area contributed by atoms with Crippen LogP contribution in [0.5, 0.6) is 0 Å². The highest BCUT2D eigenvalue weighted by Crippen LogP contribution is 2.34.